The molecule has 0 aromatic heterocycles. The normalized spacial score (nSPS) is 10.7. The zero-order valence-electron chi connectivity index (χ0n) is 13.4. The summed E-state index contributed by atoms with van der Waals surface area (Å²) < 4.78 is 10.3. The summed E-state index contributed by atoms with van der Waals surface area (Å²) in [4.78, 5) is 23.2. The van der Waals surface area contributed by atoms with Crippen LogP contribution in [0.15, 0.2) is 18.2 Å². The first-order valence-corrected chi connectivity index (χ1v) is 8.46. The molecule has 0 aliphatic rings. The zero-order chi connectivity index (χ0) is 17.2. The summed E-state index contributed by atoms with van der Waals surface area (Å²) >= 11 is 11.9. The smallest absolute Gasteiger partial charge is 0.311 e. The van der Waals surface area contributed by atoms with E-state index >= 15 is 0 Å². The van der Waals surface area contributed by atoms with Gasteiger partial charge in [-0.05, 0) is 30.9 Å². The van der Waals surface area contributed by atoms with E-state index in [-0.39, 0.29) is 24.1 Å². The molecule has 0 fully saturated rings. The van der Waals surface area contributed by atoms with Gasteiger partial charge in [0.25, 0.3) is 0 Å². The minimum atomic E-state index is -0.387. The van der Waals surface area contributed by atoms with Gasteiger partial charge >= 0.3 is 11.9 Å². The number of benzene rings is 1. The van der Waals surface area contributed by atoms with Gasteiger partial charge in [-0.3, -0.25) is 9.59 Å². The van der Waals surface area contributed by atoms with E-state index in [0.717, 1.165) is 6.42 Å². The predicted molar refractivity (Wildman–Crippen MR) is 91.0 cm³/mol. The molecule has 0 aliphatic carbocycles. The van der Waals surface area contributed by atoms with Crippen LogP contribution in [-0.2, 0) is 14.3 Å². The second-order valence-electron chi connectivity index (χ2n) is 5.66. The molecule has 1 aromatic rings. The van der Waals surface area contributed by atoms with Crippen LogP contribution in [0.25, 0.3) is 0 Å². The Balaban J connectivity index is 2.19. The van der Waals surface area contributed by atoms with Crippen LogP contribution >= 0.6 is 23.2 Å². The molecule has 0 saturated heterocycles. The topological polar surface area (TPSA) is 52.6 Å². The summed E-state index contributed by atoms with van der Waals surface area (Å²) in [5.41, 5.74) is 0. The molecule has 0 bridgehead atoms. The highest BCUT2D eigenvalue weighted by molar-refractivity contribution is 6.37. The molecule has 0 saturated carbocycles. The number of rotatable bonds is 9. The maximum Gasteiger partial charge on any atom is 0.311 e. The van der Waals surface area contributed by atoms with Crippen LogP contribution in [0, 0.1) is 5.92 Å². The van der Waals surface area contributed by atoms with Crippen molar-refractivity contribution >= 4 is 35.1 Å². The number of esters is 2. The van der Waals surface area contributed by atoms with Gasteiger partial charge in [-0.25, -0.2) is 0 Å². The fraction of sp³-hybridized carbons (Fsp3) is 0.529. The van der Waals surface area contributed by atoms with Gasteiger partial charge in [-0.15, -0.1) is 0 Å². The van der Waals surface area contributed by atoms with E-state index in [1.807, 2.05) is 13.8 Å². The fourth-order valence-electron chi connectivity index (χ4n) is 1.79. The van der Waals surface area contributed by atoms with Crippen LogP contribution in [0.2, 0.25) is 10.0 Å². The molecule has 0 spiro atoms. The van der Waals surface area contributed by atoms with Gasteiger partial charge in [-0.2, -0.15) is 0 Å². The third-order valence-corrected chi connectivity index (χ3v) is 3.57. The third kappa shape index (κ3) is 8.24. The minimum Gasteiger partial charge on any atom is -0.465 e. The molecule has 0 aliphatic heterocycles. The second kappa shape index (κ2) is 10.5. The van der Waals surface area contributed by atoms with Crippen molar-refractivity contribution in [3.63, 3.8) is 0 Å². The van der Waals surface area contributed by atoms with Gasteiger partial charge in [0.2, 0.25) is 0 Å². The van der Waals surface area contributed by atoms with E-state index in [2.05, 4.69) is 0 Å². The van der Waals surface area contributed by atoms with E-state index in [0.29, 0.717) is 41.8 Å². The molecular formula is C17H22Cl2O4. The van der Waals surface area contributed by atoms with E-state index in [9.17, 15) is 9.59 Å². The minimum absolute atomic E-state index is 0.191. The Morgan fingerprint density at radius 2 is 1.57 bits per heavy atom. The lowest BCUT2D eigenvalue weighted by atomic mass is 10.1. The van der Waals surface area contributed by atoms with Crippen molar-refractivity contribution in [1.29, 1.82) is 0 Å². The SMILES string of the molecule is CC(C)COC(=O)CCCCCC(=O)Oc1c(Cl)cccc1Cl. The van der Waals surface area contributed by atoms with Crippen molar-refractivity contribution in [2.75, 3.05) is 6.61 Å². The van der Waals surface area contributed by atoms with Crippen molar-refractivity contribution in [1.82, 2.24) is 0 Å². The Morgan fingerprint density at radius 3 is 2.13 bits per heavy atom. The van der Waals surface area contributed by atoms with Crippen LogP contribution in [-0.4, -0.2) is 18.5 Å². The fourth-order valence-corrected chi connectivity index (χ4v) is 2.27. The molecule has 0 N–H and O–H groups in total. The van der Waals surface area contributed by atoms with Crippen LogP contribution in [0.4, 0.5) is 0 Å². The van der Waals surface area contributed by atoms with Crippen LogP contribution in [0.5, 0.6) is 5.75 Å². The Kier molecular flexibility index (Phi) is 9.03. The summed E-state index contributed by atoms with van der Waals surface area (Å²) in [6, 6.07) is 4.90. The van der Waals surface area contributed by atoms with Gasteiger partial charge in [0, 0.05) is 12.8 Å². The second-order valence-corrected chi connectivity index (χ2v) is 6.48. The molecule has 4 nitrogen and oxygen atoms in total. The number of unbranched alkanes of at least 4 members (excludes halogenated alkanes) is 2. The zero-order valence-corrected chi connectivity index (χ0v) is 15.0. The Bertz CT molecular complexity index is 509. The van der Waals surface area contributed by atoms with E-state index in [1.165, 1.54) is 0 Å². The van der Waals surface area contributed by atoms with Crippen LogP contribution in [0.1, 0.15) is 46.0 Å². The van der Waals surface area contributed by atoms with Gasteiger partial charge in [0.1, 0.15) is 0 Å². The largest absolute Gasteiger partial charge is 0.465 e. The van der Waals surface area contributed by atoms with Crippen molar-refractivity contribution in [2.24, 2.45) is 5.92 Å². The van der Waals surface area contributed by atoms with Crippen molar-refractivity contribution in [3.8, 4) is 5.75 Å². The molecule has 0 atom stereocenters. The average Bonchev–Trinajstić information content (AvgIpc) is 2.48. The van der Waals surface area contributed by atoms with Gasteiger partial charge < -0.3 is 9.47 Å². The number of hydrogen-bond acceptors (Lipinski definition) is 4. The molecule has 0 radical (unpaired) electrons. The number of para-hydroxylation sites is 1. The maximum absolute atomic E-state index is 11.8. The highest BCUT2D eigenvalue weighted by Gasteiger charge is 2.12. The third-order valence-electron chi connectivity index (χ3n) is 2.97. The van der Waals surface area contributed by atoms with Crippen molar-refractivity contribution in [3.05, 3.63) is 28.2 Å². The number of halogens is 2. The number of carbonyl (C=O) groups is 2. The summed E-state index contributed by atoms with van der Waals surface area (Å²) in [7, 11) is 0. The lowest BCUT2D eigenvalue weighted by Gasteiger charge is -2.08. The van der Waals surface area contributed by atoms with E-state index in [1.54, 1.807) is 18.2 Å². The van der Waals surface area contributed by atoms with Gasteiger partial charge in [-0.1, -0.05) is 49.5 Å². The molecule has 23 heavy (non-hydrogen) atoms. The van der Waals surface area contributed by atoms with Gasteiger partial charge in [0.15, 0.2) is 5.75 Å². The maximum atomic E-state index is 11.8. The van der Waals surface area contributed by atoms with E-state index in [4.69, 9.17) is 32.7 Å². The lowest BCUT2D eigenvalue weighted by molar-refractivity contribution is -0.144. The Morgan fingerprint density at radius 1 is 1.00 bits per heavy atom. The van der Waals surface area contributed by atoms with Crippen LogP contribution in [0.3, 0.4) is 0 Å². The summed E-state index contributed by atoms with van der Waals surface area (Å²) in [5, 5.41) is 0.609. The standard InChI is InChI=1S/C17H22Cl2O4/c1-12(2)11-22-15(20)9-4-3-5-10-16(21)23-17-13(18)7-6-8-14(17)19/h6-8,12H,3-5,9-11H2,1-2H3. The van der Waals surface area contributed by atoms with Crippen molar-refractivity contribution in [2.45, 2.75) is 46.0 Å². The first-order chi connectivity index (χ1) is 10.9. The monoisotopic (exact) mass is 360 g/mol. The highest BCUT2D eigenvalue weighted by Crippen LogP contribution is 2.32. The quantitative estimate of drug-likeness (QED) is 0.351. The van der Waals surface area contributed by atoms with Gasteiger partial charge in [0.05, 0.1) is 16.7 Å². The molecule has 0 amide bonds. The van der Waals surface area contributed by atoms with Crippen molar-refractivity contribution < 1.29 is 19.1 Å². The van der Waals surface area contributed by atoms with E-state index < -0.39 is 0 Å². The van der Waals surface area contributed by atoms with Crippen LogP contribution < -0.4 is 4.74 Å². The average molecular weight is 361 g/mol. The summed E-state index contributed by atoms with van der Waals surface area (Å²) in [5.74, 6) is -0.0463. The molecule has 1 rings (SSSR count). The predicted octanol–water partition coefficient (Wildman–Crippen LogP) is 5.05. The first kappa shape index (κ1) is 19.8. The molecule has 128 valence electrons. The summed E-state index contributed by atoms with van der Waals surface area (Å²) in [6.07, 6.45) is 2.71. The molecular weight excluding hydrogens is 339 g/mol. The highest BCUT2D eigenvalue weighted by atomic mass is 35.5. The number of ether oxygens (including phenoxy) is 2. The molecule has 0 heterocycles. The lowest BCUT2D eigenvalue weighted by Crippen LogP contribution is -2.10. The number of carbonyl (C=O) groups excluding carboxylic acids is 2. The Labute approximate surface area is 147 Å². The Hall–Kier alpha value is -1.26. The molecule has 1 aromatic carbocycles. The molecule has 6 heteroatoms. The molecule has 0 unspecified atom stereocenters. The first-order valence-electron chi connectivity index (χ1n) is 7.70. The summed E-state index contributed by atoms with van der Waals surface area (Å²) in [6.45, 7) is 4.43. The number of hydrogen-bond donors (Lipinski definition) is 0.